The van der Waals surface area contributed by atoms with E-state index < -0.39 is 17.6 Å². The van der Waals surface area contributed by atoms with Crippen molar-refractivity contribution in [1.29, 1.82) is 0 Å². The first-order chi connectivity index (χ1) is 13.3. The standard InChI is InChI=1S/C20H26F3N3O2.ClH/c1-2-24-13-14-5-8-25(9-6-14)19(28)15-10-16(20(21,22)23)12-17(11-15)26-7-3-4-18(26)27;/h10-12,14,24H,2-9,13H2,1H3;1H. The van der Waals surface area contributed by atoms with Gasteiger partial charge in [0.15, 0.2) is 0 Å². The number of carbonyl (C=O) groups excluding carboxylic acids is 2. The zero-order valence-corrected chi connectivity index (χ0v) is 17.2. The molecule has 0 bridgehead atoms. The molecule has 2 aliphatic heterocycles. The van der Waals surface area contributed by atoms with Gasteiger partial charge in [0.2, 0.25) is 5.91 Å². The molecule has 0 saturated carbocycles. The van der Waals surface area contributed by atoms with E-state index in [0.29, 0.717) is 38.4 Å². The number of carbonyl (C=O) groups is 2. The van der Waals surface area contributed by atoms with Gasteiger partial charge in [0, 0.05) is 37.3 Å². The highest BCUT2D eigenvalue weighted by Gasteiger charge is 2.34. The van der Waals surface area contributed by atoms with E-state index in [9.17, 15) is 22.8 Å². The molecule has 0 radical (unpaired) electrons. The van der Waals surface area contributed by atoms with E-state index >= 15 is 0 Å². The van der Waals surface area contributed by atoms with E-state index in [-0.39, 0.29) is 29.6 Å². The minimum absolute atomic E-state index is 0. The Bertz CT molecular complexity index is 734. The van der Waals surface area contributed by atoms with E-state index in [0.717, 1.165) is 38.1 Å². The number of hydrogen-bond donors (Lipinski definition) is 1. The van der Waals surface area contributed by atoms with Gasteiger partial charge in [-0.3, -0.25) is 9.59 Å². The fourth-order valence-corrected chi connectivity index (χ4v) is 3.85. The number of alkyl halides is 3. The molecule has 5 nitrogen and oxygen atoms in total. The molecule has 0 aliphatic carbocycles. The quantitative estimate of drug-likeness (QED) is 0.770. The van der Waals surface area contributed by atoms with Crippen molar-refractivity contribution in [3.8, 4) is 0 Å². The second-order valence-corrected chi connectivity index (χ2v) is 7.46. The van der Waals surface area contributed by atoms with Crippen LogP contribution in [0.1, 0.15) is 48.5 Å². The molecule has 2 aliphatic rings. The Morgan fingerprint density at radius 2 is 1.86 bits per heavy atom. The van der Waals surface area contributed by atoms with Gasteiger partial charge in [-0.25, -0.2) is 0 Å². The minimum atomic E-state index is -4.58. The number of rotatable bonds is 5. The summed E-state index contributed by atoms with van der Waals surface area (Å²) in [4.78, 5) is 27.8. The van der Waals surface area contributed by atoms with Crippen LogP contribution in [0.3, 0.4) is 0 Å². The number of anilines is 1. The Hall–Kier alpha value is -1.80. The second-order valence-electron chi connectivity index (χ2n) is 7.46. The molecule has 2 amide bonds. The van der Waals surface area contributed by atoms with Crippen LogP contribution in [-0.4, -0.2) is 49.4 Å². The van der Waals surface area contributed by atoms with Crippen LogP contribution in [0.4, 0.5) is 18.9 Å². The maximum absolute atomic E-state index is 13.4. The molecule has 3 rings (SSSR count). The topological polar surface area (TPSA) is 52.7 Å². The van der Waals surface area contributed by atoms with Gasteiger partial charge >= 0.3 is 6.18 Å². The number of piperidine rings is 1. The second kappa shape index (κ2) is 9.80. The highest BCUT2D eigenvalue weighted by atomic mass is 35.5. The molecule has 9 heteroatoms. The third-order valence-corrected chi connectivity index (χ3v) is 5.46. The summed E-state index contributed by atoms with van der Waals surface area (Å²) >= 11 is 0. The zero-order valence-electron chi connectivity index (χ0n) is 16.4. The maximum atomic E-state index is 13.4. The lowest BCUT2D eigenvalue weighted by molar-refractivity contribution is -0.137. The van der Waals surface area contributed by atoms with Crippen molar-refractivity contribution in [1.82, 2.24) is 10.2 Å². The average molecular weight is 434 g/mol. The highest BCUT2D eigenvalue weighted by Crippen LogP contribution is 2.34. The van der Waals surface area contributed by atoms with E-state index in [1.165, 1.54) is 11.0 Å². The van der Waals surface area contributed by atoms with Gasteiger partial charge in [-0.2, -0.15) is 13.2 Å². The molecule has 1 N–H and O–H groups in total. The maximum Gasteiger partial charge on any atom is 0.416 e. The lowest BCUT2D eigenvalue weighted by Crippen LogP contribution is -2.41. The van der Waals surface area contributed by atoms with Crippen molar-refractivity contribution in [2.75, 3.05) is 37.6 Å². The minimum Gasteiger partial charge on any atom is -0.339 e. The van der Waals surface area contributed by atoms with Crippen molar-refractivity contribution in [2.24, 2.45) is 5.92 Å². The Labute approximate surface area is 175 Å². The first-order valence-corrected chi connectivity index (χ1v) is 9.82. The summed E-state index contributed by atoms with van der Waals surface area (Å²) in [5.41, 5.74) is -0.743. The largest absolute Gasteiger partial charge is 0.416 e. The van der Waals surface area contributed by atoms with Gasteiger partial charge in [0.25, 0.3) is 5.91 Å². The SMILES string of the molecule is CCNCC1CCN(C(=O)c2cc(N3CCCC3=O)cc(C(F)(F)F)c2)CC1.Cl. The number of amides is 2. The van der Waals surface area contributed by atoms with Gasteiger partial charge < -0.3 is 15.1 Å². The van der Waals surface area contributed by atoms with Gasteiger partial charge in [-0.05, 0) is 56.5 Å². The van der Waals surface area contributed by atoms with Crippen LogP contribution in [0.5, 0.6) is 0 Å². The lowest BCUT2D eigenvalue weighted by Gasteiger charge is -2.32. The Morgan fingerprint density at radius 3 is 2.41 bits per heavy atom. The summed E-state index contributed by atoms with van der Waals surface area (Å²) in [6, 6.07) is 3.28. The van der Waals surface area contributed by atoms with Gasteiger partial charge in [0.05, 0.1) is 5.56 Å². The van der Waals surface area contributed by atoms with Crippen molar-refractivity contribution in [3.05, 3.63) is 29.3 Å². The third kappa shape index (κ3) is 5.63. The number of hydrogen-bond acceptors (Lipinski definition) is 3. The van der Waals surface area contributed by atoms with Gasteiger partial charge in [0.1, 0.15) is 0 Å². The number of nitrogens with one attached hydrogen (secondary N) is 1. The first kappa shape index (κ1) is 23.5. The van der Waals surface area contributed by atoms with Gasteiger partial charge in [-0.1, -0.05) is 6.92 Å². The number of likely N-dealkylation sites (tertiary alicyclic amines) is 1. The van der Waals surface area contributed by atoms with Crippen LogP contribution < -0.4 is 10.2 Å². The van der Waals surface area contributed by atoms with E-state index in [1.54, 1.807) is 4.90 Å². The highest BCUT2D eigenvalue weighted by molar-refractivity contribution is 5.99. The van der Waals surface area contributed by atoms with Crippen LogP contribution in [0.25, 0.3) is 0 Å². The number of benzene rings is 1. The Morgan fingerprint density at radius 1 is 1.17 bits per heavy atom. The fraction of sp³-hybridized carbons (Fsp3) is 0.600. The monoisotopic (exact) mass is 433 g/mol. The van der Waals surface area contributed by atoms with E-state index in [1.807, 2.05) is 6.92 Å². The summed E-state index contributed by atoms with van der Waals surface area (Å²) in [7, 11) is 0. The fourth-order valence-electron chi connectivity index (χ4n) is 3.85. The molecule has 2 fully saturated rings. The van der Waals surface area contributed by atoms with E-state index in [4.69, 9.17) is 0 Å². The molecule has 0 spiro atoms. The van der Waals surface area contributed by atoms with E-state index in [2.05, 4.69) is 5.32 Å². The predicted octanol–water partition coefficient (Wildman–Crippen LogP) is 3.72. The summed E-state index contributed by atoms with van der Waals surface area (Å²) in [5.74, 6) is -0.133. The van der Waals surface area contributed by atoms with Crippen LogP contribution in [0.15, 0.2) is 18.2 Å². The Balaban J connectivity index is 0.00000300. The smallest absolute Gasteiger partial charge is 0.339 e. The van der Waals surface area contributed by atoms with Crippen LogP contribution >= 0.6 is 12.4 Å². The molecule has 2 heterocycles. The molecule has 0 atom stereocenters. The first-order valence-electron chi connectivity index (χ1n) is 9.82. The zero-order chi connectivity index (χ0) is 20.3. The van der Waals surface area contributed by atoms with Gasteiger partial charge in [-0.15, -0.1) is 12.4 Å². The molecule has 1 aromatic carbocycles. The molecule has 0 aromatic heterocycles. The summed E-state index contributed by atoms with van der Waals surface area (Å²) in [6.07, 6.45) is -1.99. The molecule has 1 aromatic rings. The summed E-state index contributed by atoms with van der Waals surface area (Å²) < 4.78 is 40.1. The van der Waals surface area contributed by atoms with Crippen molar-refractivity contribution >= 4 is 29.9 Å². The summed E-state index contributed by atoms with van der Waals surface area (Å²) in [5, 5.41) is 3.29. The number of halogens is 4. The van der Waals surface area contributed by atoms with Crippen molar-refractivity contribution in [2.45, 2.75) is 38.8 Å². The molecular weight excluding hydrogens is 407 g/mol. The molecule has 0 unspecified atom stereocenters. The predicted molar refractivity (Wildman–Crippen MR) is 107 cm³/mol. The number of nitrogens with zero attached hydrogens (tertiary/aromatic N) is 2. The van der Waals surface area contributed by atoms with Crippen LogP contribution in [-0.2, 0) is 11.0 Å². The third-order valence-electron chi connectivity index (χ3n) is 5.46. The molecule has 29 heavy (non-hydrogen) atoms. The molecular formula is C20H27ClF3N3O2. The normalized spacial score (nSPS) is 18.1. The summed E-state index contributed by atoms with van der Waals surface area (Å²) in [6.45, 7) is 5.26. The lowest BCUT2D eigenvalue weighted by atomic mass is 9.96. The molecule has 162 valence electrons. The average Bonchev–Trinajstić information content (AvgIpc) is 3.11. The van der Waals surface area contributed by atoms with Crippen LogP contribution in [0, 0.1) is 5.92 Å². The Kier molecular flexibility index (Phi) is 7.94. The van der Waals surface area contributed by atoms with Crippen LogP contribution in [0.2, 0.25) is 0 Å². The van der Waals surface area contributed by atoms with Crippen molar-refractivity contribution < 1.29 is 22.8 Å². The van der Waals surface area contributed by atoms with Crippen molar-refractivity contribution in [3.63, 3.8) is 0 Å². The molecule has 2 saturated heterocycles.